The van der Waals surface area contributed by atoms with Crippen molar-refractivity contribution >= 4 is 21.7 Å². The lowest BCUT2D eigenvalue weighted by Gasteiger charge is -2.42. The van der Waals surface area contributed by atoms with Gasteiger partial charge in [-0.1, -0.05) is 45.0 Å². The molecule has 0 saturated heterocycles. The molecule has 3 rings (SSSR count). The quantitative estimate of drug-likeness (QED) is 0.251. The number of hydrogen-bond donors (Lipinski definition) is 3. The van der Waals surface area contributed by atoms with E-state index in [1.54, 1.807) is 4.90 Å². The predicted molar refractivity (Wildman–Crippen MR) is 172 cm³/mol. The Bertz CT molecular complexity index is 1520. The maximum absolute atomic E-state index is 14.3. The third-order valence-corrected chi connectivity index (χ3v) is 9.31. The summed E-state index contributed by atoms with van der Waals surface area (Å²) in [5.74, 6) is -4.25. The van der Waals surface area contributed by atoms with Crippen LogP contribution in [0.2, 0.25) is 0 Å². The number of aliphatic hydroxyl groups is 1. The van der Waals surface area contributed by atoms with Gasteiger partial charge in [-0.15, -0.1) is 0 Å². The Hall–Kier alpha value is -3.41. The fourth-order valence-electron chi connectivity index (χ4n) is 5.98. The summed E-state index contributed by atoms with van der Waals surface area (Å²) in [6.45, 7) is 7.03. The zero-order valence-electron chi connectivity index (χ0n) is 26.5. The van der Waals surface area contributed by atoms with Gasteiger partial charge in [-0.25, -0.2) is 17.2 Å². The van der Waals surface area contributed by atoms with E-state index in [0.717, 1.165) is 35.9 Å². The summed E-state index contributed by atoms with van der Waals surface area (Å²) in [5, 5.41) is 14.9. The molecule has 0 heterocycles. The third-order valence-electron chi connectivity index (χ3n) is 8.22. The van der Waals surface area contributed by atoms with Gasteiger partial charge in [0.05, 0.1) is 16.4 Å². The largest absolute Gasteiger partial charge is 0.391 e. The van der Waals surface area contributed by atoms with Crippen molar-refractivity contribution in [2.24, 2.45) is 17.1 Å². The number of aryl methyl sites for hydroxylation is 1. The molecule has 0 spiro atoms. The maximum atomic E-state index is 14.3. The van der Waals surface area contributed by atoms with Gasteiger partial charge in [0.2, 0.25) is 11.8 Å². The van der Waals surface area contributed by atoms with Crippen LogP contribution in [0.4, 0.5) is 8.78 Å². The first-order valence-electron chi connectivity index (χ1n) is 15.4. The van der Waals surface area contributed by atoms with Crippen molar-refractivity contribution in [2.45, 2.75) is 65.5 Å². The highest BCUT2D eigenvalue weighted by Gasteiger charge is 2.49. The number of amides is 2. The van der Waals surface area contributed by atoms with Crippen LogP contribution in [0, 0.1) is 23.0 Å². The van der Waals surface area contributed by atoms with Gasteiger partial charge in [-0.2, -0.15) is 0 Å². The molecule has 3 atom stereocenters. The summed E-state index contributed by atoms with van der Waals surface area (Å²) >= 11 is 0. The van der Waals surface area contributed by atoms with Gasteiger partial charge in [0.25, 0.3) is 0 Å². The van der Waals surface area contributed by atoms with Crippen molar-refractivity contribution in [3.8, 4) is 0 Å². The molecule has 2 aromatic carbocycles. The molecule has 0 aliphatic heterocycles. The molecule has 45 heavy (non-hydrogen) atoms. The van der Waals surface area contributed by atoms with E-state index in [9.17, 15) is 31.9 Å². The monoisotopic (exact) mass is 645 g/mol. The van der Waals surface area contributed by atoms with Crippen LogP contribution < -0.4 is 11.1 Å². The highest BCUT2D eigenvalue weighted by molar-refractivity contribution is 7.94. The Morgan fingerprint density at radius 3 is 2.20 bits per heavy atom. The van der Waals surface area contributed by atoms with Gasteiger partial charge in [0.1, 0.15) is 11.6 Å². The lowest BCUT2D eigenvalue weighted by Crippen LogP contribution is -2.52. The van der Waals surface area contributed by atoms with Gasteiger partial charge in [0.15, 0.2) is 9.84 Å². The highest BCUT2D eigenvalue weighted by atomic mass is 32.2. The molecule has 1 aliphatic carbocycles. The van der Waals surface area contributed by atoms with Crippen molar-refractivity contribution in [1.29, 1.82) is 0 Å². The molecule has 0 fully saturated rings. The smallest absolute Gasteiger partial charge is 0.249 e. The minimum absolute atomic E-state index is 0.0549. The standard InChI is InChI=1S/C34H45F2N3O5S/c1-5-11-39(12-6-2)32(41)26-17-29(45(4,43)44)20-34(19-26,33(37)42)30(16-25-14-27(35)18-28(36)15-25)31(40)22-38-21-24-10-8-9-23(7-3)13-24/h8-10,13-15,17-18,20,30-31,38,40H,5-7,11-12,16,19,21-22H2,1-4H3,(H2,37,42)/t30-,31+,34?/m1/s1. The van der Waals surface area contributed by atoms with Crippen molar-refractivity contribution in [1.82, 2.24) is 10.2 Å². The third kappa shape index (κ3) is 9.31. The molecular weight excluding hydrogens is 600 g/mol. The van der Waals surface area contributed by atoms with Gasteiger partial charge >= 0.3 is 0 Å². The molecule has 1 unspecified atom stereocenters. The summed E-state index contributed by atoms with van der Waals surface area (Å²) in [6.07, 6.45) is 3.75. The normalized spacial score (nSPS) is 18.1. The number of hydrogen-bond acceptors (Lipinski definition) is 6. The Balaban J connectivity index is 2.11. The molecule has 8 nitrogen and oxygen atoms in total. The predicted octanol–water partition coefficient (Wildman–Crippen LogP) is 4.22. The Kier molecular flexibility index (Phi) is 12.6. The Labute approximate surface area is 265 Å². The van der Waals surface area contributed by atoms with E-state index in [4.69, 9.17) is 5.73 Å². The molecule has 2 amide bonds. The molecule has 246 valence electrons. The van der Waals surface area contributed by atoms with E-state index >= 15 is 0 Å². The second kappa shape index (κ2) is 15.7. The highest BCUT2D eigenvalue weighted by Crippen LogP contribution is 2.45. The maximum Gasteiger partial charge on any atom is 0.249 e. The number of sulfone groups is 1. The lowest BCUT2D eigenvalue weighted by molar-refractivity contribution is -0.132. The number of nitrogens with zero attached hydrogens (tertiary/aromatic N) is 1. The first-order valence-corrected chi connectivity index (χ1v) is 17.3. The zero-order chi connectivity index (χ0) is 33.4. The fraction of sp³-hybridized carbons (Fsp3) is 0.471. The summed E-state index contributed by atoms with van der Waals surface area (Å²) in [6, 6.07) is 10.8. The van der Waals surface area contributed by atoms with Crippen LogP contribution in [0.25, 0.3) is 0 Å². The molecular formula is C34H45F2N3O5S. The van der Waals surface area contributed by atoms with Crippen LogP contribution in [0.1, 0.15) is 56.7 Å². The number of allylic oxidation sites excluding steroid dienone is 1. The lowest BCUT2D eigenvalue weighted by atomic mass is 9.64. The summed E-state index contributed by atoms with van der Waals surface area (Å²) in [4.78, 5) is 28.6. The molecule has 0 bridgehead atoms. The second-order valence-electron chi connectivity index (χ2n) is 11.8. The van der Waals surface area contributed by atoms with Crippen LogP contribution in [-0.4, -0.2) is 62.2 Å². The molecule has 0 aromatic heterocycles. The van der Waals surface area contributed by atoms with E-state index < -0.39 is 50.7 Å². The van der Waals surface area contributed by atoms with E-state index in [1.807, 2.05) is 45.0 Å². The van der Waals surface area contributed by atoms with Crippen molar-refractivity contribution < 1.29 is 31.9 Å². The van der Waals surface area contributed by atoms with Gasteiger partial charge in [-0.3, -0.25) is 9.59 Å². The number of aliphatic hydroxyl groups excluding tert-OH is 1. The molecule has 0 saturated carbocycles. The van der Waals surface area contributed by atoms with Crippen LogP contribution in [0.15, 0.2) is 65.1 Å². The van der Waals surface area contributed by atoms with Crippen LogP contribution >= 0.6 is 0 Å². The molecule has 4 N–H and O–H groups in total. The number of halogens is 2. The van der Waals surface area contributed by atoms with Gasteiger partial charge < -0.3 is 21.1 Å². The summed E-state index contributed by atoms with van der Waals surface area (Å²) in [5.41, 5.74) is 6.48. The van der Waals surface area contributed by atoms with E-state index in [0.29, 0.717) is 38.5 Å². The van der Waals surface area contributed by atoms with Crippen molar-refractivity contribution in [2.75, 3.05) is 25.9 Å². The van der Waals surface area contributed by atoms with Gasteiger partial charge in [-0.05, 0) is 73.1 Å². The minimum atomic E-state index is -3.96. The van der Waals surface area contributed by atoms with Crippen molar-refractivity contribution in [3.63, 3.8) is 0 Å². The Morgan fingerprint density at radius 1 is 1.02 bits per heavy atom. The van der Waals surface area contributed by atoms with E-state index in [-0.39, 0.29) is 35.4 Å². The number of nitrogens with one attached hydrogen (secondary N) is 1. The first kappa shape index (κ1) is 36.1. The average molecular weight is 646 g/mol. The Morgan fingerprint density at radius 2 is 1.64 bits per heavy atom. The van der Waals surface area contributed by atoms with E-state index in [1.165, 1.54) is 12.2 Å². The number of rotatable bonds is 16. The molecule has 0 radical (unpaired) electrons. The number of carbonyl (C=O) groups is 2. The minimum Gasteiger partial charge on any atom is -0.391 e. The van der Waals surface area contributed by atoms with E-state index in [2.05, 4.69) is 5.32 Å². The average Bonchev–Trinajstić information content (AvgIpc) is 2.98. The summed E-state index contributed by atoms with van der Waals surface area (Å²) < 4.78 is 54.5. The molecule has 1 aliphatic rings. The number of nitrogens with two attached hydrogens (primary N) is 1. The van der Waals surface area contributed by atoms with Gasteiger partial charge in [0, 0.05) is 50.0 Å². The number of primary amides is 1. The number of benzene rings is 2. The zero-order valence-corrected chi connectivity index (χ0v) is 27.3. The topological polar surface area (TPSA) is 130 Å². The molecule has 11 heteroatoms. The van der Waals surface area contributed by atoms with Crippen LogP contribution in [-0.2, 0) is 38.8 Å². The number of carbonyl (C=O) groups excluding carboxylic acids is 2. The van der Waals surface area contributed by atoms with Crippen LogP contribution in [0.5, 0.6) is 0 Å². The summed E-state index contributed by atoms with van der Waals surface area (Å²) in [7, 11) is -3.96. The SMILES string of the molecule is CCCN(CCC)C(=O)C1=CC(S(C)(=O)=O)=CC(C(N)=O)([C@H](Cc2cc(F)cc(F)c2)[C@@H](O)CNCc2cccc(CC)c2)C1. The second-order valence-corrected chi connectivity index (χ2v) is 13.8. The fourth-order valence-corrected chi connectivity index (χ4v) is 6.76. The first-order chi connectivity index (χ1) is 21.2. The molecule has 2 aromatic rings. The van der Waals surface area contributed by atoms with Crippen molar-refractivity contribution in [3.05, 3.63) is 93.4 Å². The van der Waals surface area contributed by atoms with Crippen LogP contribution in [0.3, 0.4) is 0 Å².